The number of amides is 1. The molecule has 0 fully saturated rings. The first-order chi connectivity index (χ1) is 13.1. The van der Waals surface area contributed by atoms with Gasteiger partial charge in [0.25, 0.3) is 5.91 Å². The Morgan fingerprint density at radius 2 is 1.85 bits per heavy atom. The van der Waals surface area contributed by atoms with Gasteiger partial charge in [-0.2, -0.15) is 0 Å². The van der Waals surface area contributed by atoms with Gasteiger partial charge in [0.15, 0.2) is 0 Å². The third kappa shape index (κ3) is 4.74. The molecule has 3 rings (SSSR count). The molecule has 0 bridgehead atoms. The molecule has 1 heterocycles. The maximum atomic E-state index is 13.8. The SMILES string of the molecule is CCOc1ccc(Nc2ccc(NC(=O)c3c(F)cccc3Cl)nc2)cc1. The van der Waals surface area contributed by atoms with Crippen molar-refractivity contribution in [1.29, 1.82) is 0 Å². The zero-order valence-electron chi connectivity index (χ0n) is 14.5. The van der Waals surface area contributed by atoms with Crippen LogP contribution < -0.4 is 15.4 Å². The van der Waals surface area contributed by atoms with Crippen molar-refractivity contribution >= 4 is 34.7 Å². The lowest BCUT2D eigenvalue weighted by Crippen LogP contribution is -2.15. The molecule has 138 valence electrons. The Kier molecular flexibility index (Phi) is 5.88. The van der Waals surface area contributed by atoms with E-state index in [2.05, 4.69) is 15.6 Å². The fourth-order valence-corrected chi connectivity index (χ4v) is 2.65. The highest BCUT2D eigenvalue weighted by atomic mass is 35.5. The van der Waals surface area contributed by atoms with Gasteiger partial charge in [-0.3, -0.25) is 4.79 Å². The summed E-state index contributed by atoms with van der Waals surface area (Å²) in [6.45, 7) is 2.54. The second kappa shape index (κ2) is 8.51. The Hall–Kier alpha value is -3.12. The van der Waals surface area contributed by atoms with Crippen molar-refractivity contribution in [3.05, 3.63) is 77.2 Å². The molecule has 0 radical (unpaired) electrons. The zero-order valence-corrected chi connectivity index (χ0v) is 15.3. The molecule has 0 saturated heterocycles. The van der Waals surface area contributed by atoms with Crippen molar-refractivity contribution in [2.75, 3.05) is 17.2 Å². The number of nitrogens with zero attached hydrogens (tertiary/aromatic N) is 1. The topological polar surface area (TPSA) is 63.2 Å². The van der Waals surface area contributed by atoms with E-state index >= 15 is 0 Å². The summed E-state index contributed by atoms with van der Waals surface area (Å²) in [5.41, 5.74) is 1.40. The summed E-state index contributed by atoms with van der Waals surface area (Å²) in [5.74, 6) is -0.255. The molecule has 7 heteroatoms. The van der Waals surface area contributed by atoms with Crippen LogP contribution in [0.5, 0.6) is 5.75 Å². The lowest BCUT2D eigenvalue weighted by Gasteiger charge is -2.10. The third-order valence-electron chi connectivity index (χ3n) is 3.65. The Bertz CT molecular complexity index is 911. The Labute approximate surface area is 161 Å². The maximum Gasteiger partial charge on any atom is 0.261 e. The van der Waals surface area contributed by atoms with Crippen LogP contribution in [0.25, 0.3) is 0 Å². The fourth-order valence-electron chi connectivity index (χ4n) is 2.40. The molecule has 1 aromatic heterocycles. The number of ether oxygens (including phenoxy) is 1. The lowest BCUT2D eigenvalue weighted by molar-refractivity contribution is 0.102. The summed E-state index contributed by atoms with van der Waals surface area (Å²) in [6, 6.07) is 15.0. The molecule has 0 saturated carbocycles. The van der Waals surface area contributed by atoms with Gasteiger partial charge in [-0.25, -0.2) is 9.37 Å². The lowest BCUT2D eigenvalue weighted by atomic mass is 10.2. The summed E-state index contributed by atoms with van der Waals surface area (Å²) in [4.78, 5) is 16.4. The fraction of sp³-hybridized carbons (Fsp3) is 0.100. The number of benzene rings is 2. The van der Waals surface area contributed by atoms with E-state index in [0.717, 1.165) is 17.1 Å². The molecular formula is C20H17ClFN3O2. The maximum absolute atomic E-state index is 13.8. The average molecular weight is 386 g/mol. The normalized spacial score (nSPS) is 10.3. The number of aromatic nitrogens is 1. The van der Waals surface area contributed by atoms with Crippen LogP contribution in [-0.2, 0) is 0 Å². The number of hydrogen-bond acceptors (Lipinski definition) is 4. The zero-order chi connectivity index (χ0) is 19.2. The smallest absolute Gasteiger partial charge is 0.261 e. The quantitative estimate of drug-likeness (QED) is 0.606. The van der Waals surface area contributed by atoms with Crippen molar-refractivity contribution in [2.24, 2.45) is 0 Å². The van der Waals surface area contributed by atoms with Crippen molar-refractivity contribution in [3.63, 3.8) is 0 Å². The molecule has 2 N–H and O–H groups in total. The highest BCUT2D eigenvalue weighted by molar-refractivity contribution is 6.34. The second-order valence-corrected chi connectivity index (χ2v) is 5.97. The van der Waals surface area contributed by atoms with Gasteiger partial charge in [0, 0.05) is 5.69 Å². The number of anilines is 3. The van der Waals surface area contributed by atoms with Crippen LogP contribution in [0, 0.1) is 5.82 Å². The van der Waals surface area contributed by atoms with E-state index in [1.165, 1.54) is 18.2 Å². The summed E-state index contributed by atoms with van der Waals surface area (Å²) in [7, 11) is 0. The molecule has 0 aliphatic rings. The molecule has 27 heavy (non-hydrogen) atoms. The minimum Gasteiger partial charge on any atom is -0.494 e. The highest BCUT2D eigenvalue weighted by Gasteiger charge is 2.16. The predicted octanol–water partition coefficient (Wildman–Crippen LogP) is 5.27. The van der Waals surface area contributed by atoms with Crippen molar-refractivity contribution in [3.8, 4) is 5.75 Å². The number of carbonyl (C=O) groups excluding carboxylic acids is 1. The number of rotatable bonds is 6. The van der Waals surface area contributed by atoms with Gasteiger partial charge in [-0.05, 0) is 55.5 Å². The molecule has 0 unspecified atom stereocenters. The van der Waals surface area contributed by atoms with Gasteiger partial charge >= 0.3 is 0 Å². The van der Waals surface area contributed by atoms with Crippen LogP contribution in [0.1, 0.15) is 17.3 Å². The van der Waals surface area contributed by atoms with Crippen molar-refractivity contribution in [2.45, 2.75) is 6.92 Å². The summed E-state index contributed by atoms with van der Waals surface area (Å²) < 4.78 is 19.2. The summed E-state index contributed by atoms with van der Waals surface area (Å²) in [6.07, 6.45) is 1.56. The summed E-state index contributed by atoms with van der Waals surface area (Å²) in [5, 5.41) is 5.77. The van der Waals surface area contributed by atoms with E-state index in [4.69, 9.17) is 16.3 Å². The number of hydrogen-bond donors (Lipinski definition) is 2. The molecule has 2 aromatic carbocycles. The van der Waals surface area contributed by atoms with E-state index < -0.39 is 11.7 Å². The average Bonchev–Trinajstić information content (AvgIpc) is 2.65. The van der Waals surface area contributed by atoms with Crippen LogP contribution >= 0.6 is 11.6 Å². The van der Waals surface area contributed by atoms with E-state index in [-0.39, 0.29) is 16.4 Å². The van der Waals surface area contributed by atoms with Gasteiger partial charge in [0.2, 0.25) is 0 Å². The molecule has 3 aromatic rings. The van der Waals surface area contributed by atoms with E-state index in [1.807, 2.05) is 31.2 Å². The monoisotopic (exact) mass is 385 g/mol. The highest BCUT2D eigenvalue weighted by Crippen LogP contribution is 2.22. The number of nitrogens with one attached hydrogen (secondary N) is 2. The first kappa shape index (κ1) is 18.7. The third-order valence-corrected chi connectivity index (χ3v) is 3.96. The second-order valence-electron chi connectivity index (χ2n) is 5.57. The minimum absolute atomic E-state index is 0.0429. The molecule has 0 spiro atoms. The summed E-state index contributed by atoms with van der Waals surface area (Å²) >= 11 is 5.90. The van der Waals surface area contributed by atoms with E-state index in [1.54, 1.807) is 18.3 Å². The Morgan fingerprint density at radius 3 is 2.48 bits per heavy atom. The van der Waals surface area contributed by atoms with E-state index in [9.17, 15) is 9.18 Å². The van der Waals surface area contributed by atoms with Gasteiger partial charge in [-0.1, -0.05) is 17.7 Å². The Balaban J connectivity index is 1.65. The van der Waals surface area contributed by atoms with Crippen LogP contribution in [-0.4, -0.2) is 17.5 Å². The first-order valence-electron chi connectivity index (χ1n) is 8.28. The number of pyridine rings is 1. The minimum atomic E-state index is -0.686. The number of halogens is 2. The largest absolute Gasteiger partial charge is 0.494 e. The molecule has 5 nitrogen and oxygen atoms in total. The van der Waals surface area contributed by atoms with Gasteiger partial charge in [0.05, 0.1) is 29.1 Å². The molecule has 1 amide bonds. The van der Waals surface area contributed by atoms with Gasteiger partial charge < -0.3 is 15.4 Å². The molecule has 0 atom stereocenters. The van der Waals surface area contributed by atoms with Crippen molar-refractivity contribution < 1.29 is 13.9 Å². The molecular weight excluding hydrogens is 369 g/mol. The molecule has 0 aliphatic heterocycles. The molecule has 0 aliphatic carbocycles. The predicted molar refractivity (Wildman–Crippen MR) is 104 cm³/mol. The van der Waals surface area contributed by atoms with Crippen LogP contribution in [0.3, 0.4) is 0 Å². The van der Waals surface area contributed by atoms with E-state index in [0.29, 0.717) is 6.61 Å². The van der Waals surface area contributed by atoms with Gasteiger partial charge in [0.1, 0.15) is 17.4 Å². The number of carbonyl (C=O) groups is 1. The standard InChI is InChI=1S/C20H17ClFN3O2/c1-2-27-15-9-6-13(7-10-15)24-14-8-11-18(23-12-14)25-20(26)19-16(21)4-3-5-17(19)22/h3-12,24H,2H2,1H3,(H,23,25,26). The first-order valence-corrected chi connectivity index (χ1v) is 8.66. The van der Waals surface area contributed by atoms with Crippen LogP contribution in [0.4, 0.5) is 21.6 Å². The Morgan fingerprint density at radius 1 is 1.11 bits per heavy atom. The van der Waals surface area contributed by atoms with Crippen LogP contribution in [0.2, 0.25) is 5.02 Å². The van der Waals surface area contributed by atoms with Crippen LogP contribution in [0.15, 0.2) is 60.8 Å². The van der Waals surface area contributed by atoms with Gasteiger partial charge in [-0.15, -0.1) is 0 Å². The van der Waals surface area contributed by atoms with Crippen molar-refractivity contribution in [1.82, 2.24) is 4.98 Å².